The third-order valence-corrected chi connectivity index (χ3v) is 7.67. The lowest BCUT2D eigenvalue weighted by Crippen LogP contribution is -2.55. The number of carbonyl (C=O) groups excluding carboxylic acids is 2. The maximum absolute atomic E-state index is 14.4. The second kappa shape index (κ2) is 9.93. The molecule has 1 N–H and O–H groups in total. The van der Waals surface area contributed by atoms with Crippen LogP contribution in [0.1, 0.15) is 29.7 Å². The number of anilines is 1. The maximum Gasteiger partial charge on any atom is 0.326 e. The van der Waals surface area contributed by atoms with E-state index < -0.39 is 5.54 Å². The van der Waals surface area contributed by atoms with Crippen molar-refractivity contribution in [3.05, 3.63) is 65.4 Å². The summed E-state index contributed by atoms with van der Waals surface area (Å²) < 4.78 is 19.4. The van der Waals surface area contributed by atoms with Crippen molar-refractivity contribution in [1.82, 2.24) is 25.0 Å². The van der Waals surface area contributed by atoms with Crippen molar-refractivity contribution in [3.63, 3.8) is 0 Å². The van der Waals surface area contributed by atoms with E-state index in [1.807, 2.05) is 30.0 Å². The van der Waals surface area contributed by atoms with Gasteiger partial charge in [0, 0.05) is 49.8 Å². The van der Waals surface area contributed by atoms with Crippen LogP contribution in [-0.2, 0) is 16.1 Å². The molecule has 3 aromatic rings. The highest BCUT2D eigenvalue weighted by atomic mass is 19.1. The van der Waals surface area contributed by atoms with Gasteiger partial charge in [0.1, 0.15) is 18.2 Å². The Morgan fingerprint density at radius 2 is 1.97 bits per heavy atom. The summed E-state index contributed by atoms with van der Waals surface area (Å²) in [5.74, 6) is 0.228. The molecule has 2 aliphatic heterocycles. The van der Waals surface area contributed by atoms with Crippen LogP contribution in [0.4, 0.5) is 15.0 Å². The number of carbonyl (C=O) groups is 2. The number of halogens is 1. The van der Waals surface area contributed by atoms with Gasteiger partial charge in [0.25, 0.3) is 0 Å². The molecule has 0 unspecified atom stereocenters. The van der Waals surface area contributed by atoms with Crippen molar-refractivity contribution in [1.29, 1.82) is 0 Å². The Kier molecular flexibility index (Phi) is 6.68. The van der Waals surface area contributed by atoms with Crippen LogP contribution in [-0.4, -0.2) is 75.8 Å². The van der Waals surface area contributed by atoms with E-state index in [4.69, 9.17) is 9.72 Å². The Morgan fingerprint density at radius 3 is 2.65 bits per heavy atom. The van der Waals surface area contributed by atoms with E-state index in [1.165, 1.54) is 13.2 Å². The average Bonchev–Trinajstić information content (AvgIpc) is 3.51. The molecule has 1 aromatic carbocycles. The molecule has 4 heterocycles. The lowest BCUT2D eigenvalue weighted by molar-refractivity contribution is -0.137. The van der Waals surface area contributed by atoms with Gasteiger partial charge in [-0.3, -0.25) is 14.8 Å². The van der Waals surface area contributed by atoms with Crippen LogP contribution >= 0.6 is 0 Å². The highest BCUT2D eigenvalue weighted by Gasteiger charge is 2.52. The summed E-state index contributed by atoms with van der Waals surface area (Å²) in [7, 11) is 1.51. The van der Waals surface area contributed by atoms with Gasteiger partial charge in [0.05, 0.1) is 18.3 Å². The number of rotatable bonds is 6. The van der Waals surface area contributed by atoms with Crippen molar-refractivity contribution in [2.45, 2.75) is 38.8 Å². The van der Waals surface area contributed by atoms with Crippen LogP contribution in [0.15, 0.2) is 42.7 Å². The molecule has 2 saturated heterocycles. The Hall–Kier alpha value is -3.79. The summed E-state index contributed by atoms with van der Waals surface area (Å²) in [4.78, 5) is 36.5. The molecule has 5 rings (SSSR count). The zero-order chi connectivity index (χ0) is 26.2. The minimum Gasteiger partial charge on any atom is -0.375 e. The number of H-pyrrole nitrogens is 1. The summed E-state index contributed by atoms with van der Waals surface area (Å²) in [6.07, 6.45) is 4.78. The van der Waals surface area contributed by atoms with Gasteiger partial charge in [0.2, 0.25) is 5.91 Å². The van der Waals surface area contributed by atoms with Crippen molar-refractivity contribution in [3.8, 4) is 11.1 Å². The summed E-state index contributed by atoms with van der Waals surface area (Å²) in [6, 6.07) is 8.61. The average molecular weight is 507 g/mol. The van der Waals surface area contributed by atoms with E-state index >= 15 is 0 Å². The molecule has 2 aliphatic rings. The Bertz CT molecular complexity index is 1300. The summed E-state index contributed by atoms with van der Waals surface area (Å²) >= 11 is 0. The van der Waals surface area contributed by atoms with E-state index in [0.717, 1.165) is 22.4 Å². The number of aryl methyl sites for hydroxylation is 1. The first-order valence-electron chi connectivity index (χ1n) is 12.4. The third kappa shape index (κ3) is 4.57. The molecule has 1 spiro atoms. The van der Waals surface area contributed by atoms with E-state index in [-0.39, 0.29) is 30.9 Å². The van der Waals surface area contributed by atoms with Gasteiger partial charge in [-0.05, 0) is 56.0 Å². The number of hydrogen-bond acceptors (Lipinski definition) is 5. The van der Waals surface area contributed by atoms with Crippen LogP contribution in [0.3, 0.4) is 0 Å². The molecule has 3 amide bonds. The Balaban J connectivity index is 1.46. The molecule has 0 aliphatic carbocycles. The topological polar surface area (TPSA) is 94.7 Å². The molecule has 0 saturated carbocycles. The van der Waals surface area contributed by atoms with Gasteiger partial charge in [0.15, 0.2) is 0 Å². The van der Waals surface area contributed by atoms with Gasteiger partial charge >= 0.3 is 6.03 Å². The highest BCUT2D eigenvalue weighted by molar-refractivity contribution is 5.95. The Labute approximate surface area is 215 Å². The number of pyridine rings is 1. The van der Waals surface area contributed by atoms with Crippen molar-refractivity contribution >= 4 is 17.8 Å². The molecule has 37 heavy (non-hydrogen) atoms. The number of aromatic nitrogens is 3. The predicted octanol–water partition coefficient (Wildman–Crippen LogP) is 3.68. The van der Waals surface area contributed by atoms with Gasteiger partial charge in [-0.15, -0.1) is 0 Å². The first kappa shape index (κ1) is 24.9. The number of hydrogen-bond donors (Lipinski definition) is 1. The maximum atomic E-state index is 14.4. The van der Waals surface area contributed by atoms with Gasteiger partial charge < -0.3 is 14.5 Å². The monoisotopic (exact) mass is 506 g/mol. The lowest BCUT2D eigenvalue weighted by atomic mass is 9.86. The van der Waals surface area contributed by atoms with Gasteiger partial charge in [-0.1, -0.05) is 12.1 Å². The van der Waals surface area contributed by atoms with Gasteiger partial charge in [-0.25, -0.2) is 14.2 Å². The van der Waals surface area contributed by atoms with Crippen LogP contribution in [0.2, 0.25) is 0 Å². The lowest BCUT2D eigenvalue weighted by Gasteiger charge is -2.43. The number of nitrogens with one attached hydrogen (secondary N) is 1. The number of likely N-dealkylation sites (tertiary alicyclic amines) is 1. The number of methoxy groups -OCH3 is 1. The fourth-order valence-corrected chi connectivity index (χ4v) is 5.42. The number of piperidine rings is 1. The second-order valence-corrected chi connectivity index (χ2v) is 9.81. The smallest absolute Gasteiger partial charge is 0.326 e. The number of amides is 3. The molecule has 2 aromatic heterocycles. The largest absolute Gasteiger partial charge is 0.375 e. The van der Waals surface area contributed by atoms with Gasteiger partial charge in [-0.2, -0.15) is 5.10 Å². The fraction of sp³-hybridized carbons (Fsp3) is 0.407. The molecular formula is C27H31FN6O3. The van der Waals surface area contributed by atoms with E-state index in [1.54, 1.807) is 35.2 Å². The molecule has 10 heteroatoms. The second-order valence-electron chi connectivity index (χ2n) is 9.81. The minimum atomic E-state index is -0.501. The normalized spacial score (nSPS) is 17.2. The van der Waals surface area contributed by atoms with E-state index in [0.29, 0.717) is 43.9 Å². The van der Waals surface area contributed by atoms with Crippen LogP contribution < -0.4 is 4.90 Å². The number of nitrogens with zero attached hydrogens (tertiary/aromatic N) is 5. The van der Waals surface area contributed by atoms with Crippen LogP contribution in [0, 0.1) is 19.7 Å². The van der Waals surface area contributed by atoms with Crippen molar-refractivity contribution in [2.24, 2.45) is 0 Å². The number of urea groups is 1. The molecular weight excluding hydrogens is 475 g/mol. The molecule has 2 fully saturated rings. The summed E-state index contributed by atoms with van der Waals surface area (Å²) in [6.45, 7) is 5.47. The first-order valence-corrected chi connectivity index (χ1v) is 12.4. The molecule has 0 bridgehead atoms. The highest BCUT2D eigenvalue weighted by Crippen LogP contribution is 2.40. The Morgan fingerprint density at radius 1 is 1.19 bits per heavy atom. The zero-order valence-electron chi connectivity index (χ0n) is 21.3. The standard InChI is InChI=1S/C27H31FN6O3/c1-18-20(5-4-6-23(18)28)15-34-26(36)33(17-27(34)9-11-32(12-10-27)25(35)16-37-3)24-8-7-22(19(2)31-24)21-13-29-30-14-21/h4-8,13-14H,9-12,15-17H2,1-3H3,(H,29,30). The van der Waals surface area contributed by atoms with Crippen LogP contribution in [0.5, 0.6) is 0 Å². The molecule has 0 radical (unpaired) electrons. The minimum absolute atomic E-state index is 0.0382. The zero-order valence-corrected chi connectivity index (χ0v) is 21.3. The van der Waals surface area contributed by atoms with Crippen LogP contribution in [0.25, 0.3) is 11.1 Å². The fourth-order valence-electron chi connectivity index (χ4n) is 5.42. The predicted molar refractivity (Wildman–Crippen MR) is 136 cm³/mol. The number of ether oxygens (including phenoxy) is 1. The first-order chi connectivity index (χ1) is 17.8. The quantitative estimate of drug-likeness (QED) is 0.551. The number of aromatic amines is 1. The molecule has 9 nitrogen and oxygen atoms in total. The summed E-state index contributed by atoms with van der Waals surface area (Å²) in [5, 5.41) is 6.83. The number of benzene rings is 1. The van der Waals surface area contributed by atoms with Crippen molar-refractivity contribution < 1.29 is 18.7 Å². The third-order valence-electron chi connectivity index (χ3n) is 7.67. The molecule has 0 atom stereocenters. The van der Waals surface area contributed by atoms with Crippen molar-refractivity contribution in [2.75, 3.05) is 38.3 Å². The van der Waals surface area contributed by atoms with E-state index in [9.17, 15) is 14.0 Å². The summed E-state index contributed by atoms with van der Waals surface area (Å²) in [5.41, 5.74) is 3.47. The van der Waals surface area contributed by atoms with E-state index in [2.05, 4.69) is 10.2 Å². The SMILES string of the molecule is COCC(=O)N1CCC2(CC1)CN(c1ccc(-c3cn[nH]c3)c(C)n1)C(=O)N2Cc1cccc(F)c1C. The molecule has 194 valence electrons.